The van der Waals surface area contributed by atoms with Crippen LogP contribution in [-0.4, -0.2) is 49.9 Å². The van der Waals surface area contributed by atoms with Crippen molar-refractivity contribution in [3.63, 3.8) is 0 Å². The molecule has 0 aromatic heterocycles. The van der Waals surface area contributed by atoms with E-state index in [2.05, 4.69) is 49.9 Å². The fourth-order valence-corrected chi connectivity index (χ4v) is 11.6. The van der Waals surface area contributed by atoms with Gasteiger partial charge >= 0.3 is 21.5 Å². The minimum Gasteiger partial charge on any atom is -0.465 e. The number of alkyl halides is 3. The van der Waals surface area contributed by atoms with Gasteiger partial charge in [-0.25, -0.2) is 35.0 Å². The van der Waals surface area contributed by atoms with Crippen molar-refractivity contribution in [1.82, 2.24) is 8.85 Å². The number of hydrogen-bond donors (Lipinski definition) is 3. The summed E-state index contributed by atoms with van der Waals surface area (Å²) in [6.07, 6.45) is 0.870. The second kappa shape index (κ2) is 21.5. The molecular formula is C53H63F3N4O9S3. The monoisotopic (exact) mass is 1050 g/mol. The van der Waals surface area contributed by atoms with Gasteiger partial charge in [0.05, 0.1) is 32.9 Å². The van der Waals surface area contributed by atoms with Crippen LogP contribution in [0.25, 0.3) is 33.4 Å². The summed E-state index contributed by atoms with van der Waals surface area (Å²) in [5.41, 5.74) is 0.591. The number of fused-ring (bicyclic) bond motifs is 2. The Morgan fingerprint density at radius 3 is 1.88 bits per heavy atom. The second-order valence-corrected chi connectivity index (χ2v) is 25.1. The molecular weight excluding hydrogens is 990 g/mol. The summed E-state index contributed by atoms with van der Waals surface area (Å²) in [5, 5.41) is 4.53. The van der Waals surface area contributed by atoms with Gasteiger partial charge in [-0.3, -0.25) is 4.79 Å². The van der Waals surface area contributed by atoms with E-state index in [1.165, 1.54) is 6.07 Å². The summed E-state index contributed by atoms with van der Waals surface area (Å²) in [6, 6.07) is 24.8. The number of esters is 1. The van der Waals surface area contributed by atoms with Crippen LogP contribution < -0.4 is 19.5 Å². The van der Waals surface area contributed by atoms with Crippen molar-refractivity contribution in [1.29, 1.82) is 0 Å². The predicted octanol–water partition coefficient (Wildman–Crippen LogP) is 12.4. The molecule has 3 N–H and O–H groups in total. The molecule has 1 aliphatic heterocycles. The molecule has 0 saturated heterocycles. The first-order valence-electron chi connectivity index (χ1n) is 23.7. The number of carbonyl (C=O) groups is 1. The third-order valence-electron chi connectivity index (χ3n) is 12.5. The van der Waals surface area contributed by atoms with E-state index < -0.39 is 45.9 Å². The summed E-state index contributed by atoms with van der Waals surface area (Å²) in [5.74, 6) is -0.0864. The van der Waals surface area contributed by atoms with Gasteiger partial charge in [0.25, 0.3) is 10.0 Å². The molecule has 0 radical (unpaired) electrons. The number of rotatable bonds is 19. The maximum Gasteiger partial charge on any atom is 0.512 e. The number of hydrogen-bond acceptors (Lipinski definition) is 11. The van der Waals surface area contributed by atoms with Crippen molar-refractivity contribution in [3.8, 4) is 22.5 Å². The molecule has 19 heteroatoms. The van der Waals surface area contributed by atoms with E-state index in [9.17, 15) is 43.2 Å². The summed E-state index contributed by atoms with van der Waals surface area (Å²) >= 11 is 0. The Hall–Kier alpha value is -5.60. The van der Waals surface area contributed by atoms with Crippen molar-refractivity contribution >= 4 is 64.1 Å². The standard InChI is InChI=1S/C53H63F3N4O9S3/c1-12-52(10,11)51(61)68-25-15-24-57-70(62,63)39-29-44(33(6)7)50(45(30-39)34(8)9)59-37-21-23-43-47(28-37)69-46-27-36(58-49-40(31(2)3)18-14-19-41(49)32(4)5)20-22-42(46)48(43)35-16-13-17-38(26-35)71(64,65)60-72(66,67)53(54,55)56/h13-14,16-23,26-34,57-58,60H,12,15,24-25H2,1-11H3. The van der Waals surface area contributed by atoms with Crippen molar-refractivity contribution in [3.05, 3.63) is 119 Å². The number of halogens is 3. The fourth-order valence-electron chi connectivity index (χ4n) is 8.05. The van der Waals surface area contributed by atoms with Crippen molar-refractivity contribution in [2.24, 2.45) is 10.4 Å². The lowest BCUT2D eigenvalue weighted by atomic mass is 9.91. The first-order chi connectivity index (χ1) is 33.5. The molecule has 0 unspecified atom stereocenters. The number of carbonyl (C=O) groups excluding carboxylic acids is 1. The lowest BCUT2D eigenvalue weighted by Gasteiger charge is -2.22. The lowest BCUT2D eigenvalue weighted by Crippen LogP contribution is -2.40. The molecule has 388 valence electrons. The first kappa shape index (κ1) is 55.7. The quantitative estimate of drug-likeness (QED) is 0.0400. The lowest BCUT2D eigenvalue weighted by molar-refractivity contribution is -0.154. The molecule has 0 spiro atoms. The molecule has 0 amide bonds. The average Bonchev–Trinajstić information content (AvgIpc) is 3.29. The molecule has 0 bridgehead atoms. The third kappa shape index (κ3) is 12.2. The Labute approximate surface area is 421 Å². The number of nitrogens with one attached hydrogen (secondary N) is 3. The van der Waals surface area contributed by atoms with Gasteiger partial charge < -0.3 is 14.5 Å². The Kier molecular flexibility index (Phi) is 16.6. The van der Waals surface area contributed by atoms with Gasteiger partial charge in [0.2, 0.25) is 10.0 Å². The SMILES string of the molecule is CCC(C)(C)C(=O)OCCCNS(=O)(=O)c1cc(C(C)C)c(N=c2ccc3c(-c4cccc(S(=O)(=O)NS(=O)(=O)C(F)(F)F)c4)c4ccc(Nc5c(C(C)C)cccc5C(C)C)cc4oc-3c2)c(C(C)C)c1. The largest absolute Gasteiger partial charge is 0.512 e. The van der Waals surface area contributed by atoms with Crippen LogP contribution in [0.15, 0.2) is 110 Å². The minimum absolute atomic E-state index is 0.0400. The van der Waals surface area contributed by atoms with E-state index in [0.29, 0.717) is 56.4 Å². The highest BCUT2D eigenvalue weighted by molar-refractivity contribution is 8.05. The zero-order valence-electron chi connectivity index (χ0n) is 42.3. The number of ether oxygens (including phenoxy) is 1. The van der Waals surface area contributed by atoms with Gasteiger partial charge in [-0.05, 0) is 127 Å². The Morgan fingerprint density at radius 2 is 1.31 bits per heavy atom. The smallest absolute Gasteiger partial charge is 0.465 e. The molecule has 1 aliphatic carbocycles. The van der Waals surface area contributed by atoms with Gasteiger partial charge in [0, 0.05) is 46.6 Å². The van der Waals surface area contributed by atoms with E-state index in [1.807, 2.05) is 46.8 Å². The molecule has 4 aromatic carbocycles. The van der Waals surface area contributed by atoms with Crippen molar-refractivity contribution < 1.29 is 52.4 Å². The van der Waals surface area contributed by atoms with Crippen LogP contribution in [0.2, 0.25) is 0 Å². The summed E-state index contributed by atoms with van der Waals surface area (Å²) < 4.78 is 134. The van der Waals surface area contributed by atoms with Crippen LogP contribution in [0.3, 0.4) is 0 Å². The Morgan fingerprint density at radius 1 is 0.708 bits per heavy atom. The van der Waals surface area contributed by atoms with E-state index in [-0.39, 0.29) is 65.4 Å². The van der Waals surface area contributed by atoms with E-state index in [0.717, 1.165) is 33.1 Å². The Bertz CT molecular complexity index is 3330. The first-order valence-corrected chi connectivity index (χ1v) is 28.2. The van der Waals surface area contributed by atoms with Crippen LogP contribution in [0.5, 0.6) is 0 Å². The molecule has 0 atom stereocenters. The maximum absolute atomic E-state index is 13.8. The highest BCUT2D eigenvalue weighted by Gasteiger charge is 2.48. The zero-order valence-corrected chi connectivity index (χ0v) is 44.7. The summed E-state index contributed by atoms with van der Waals surface area (Å²) in [6.45, 7) is 21.7. The second-order valence-electron chi connectivity index (χ2n) is 19.7. The molecule has 2 aliphatic rings. The normalized spacial score (nSPS) is 13.3. The average molecular weight is 1050 g/mol. The number of anilines is 2. The number of nitrogens with zero attached hydrogens (tertiary/aromatic N) is 1. The van der Waals surface area contributed by atoms with Gasteiger partial charge in [-0.1, -0.05) is 96.8 Å². The number of sulfonamides is 3. The fraction of sp³-hybridized carbons (Fsp3) is 0.396. The minimum atomic E-state index is -6.29. The molecule has 0 fully saturated rings. The van der Waals surface area contributed by atoms with E-state index in [4.69, 9.17) is 14.1 Å². The van der Waals surface area contributed by atoms with E-state index >= 15 is 0 Å². The highest BCUT2D eigenvalue weighted by Crippen LogP contribution is 2.43. The third-order valence-corrected chi connectivity index (χ3v) is 17.2. The van der Waals surface area contributed by atoms with Crippen LogP contribution in [0, 0.1) is 5.41 Å². The zero-order chi connectivity index (χ0) is 53.3. The molecule has 4 aromatic rings. The summed E-state index contributed by atoms with van der Waals surface area (Å²) in [4.78, 5) is 16.9. The predicted molar refractivity (Wildman–Crippen MR) is 276 cm³/mol. The number of para-hydroxylation sites is 1. The van der Waals surface area contributed by atoms with Crippen molar-refractivity contribution in [2.75, 3.05) is 18.5 Å². The topological polar surface area (TPSA) is 190 Å². The van der Waals surface area contributed by atoms with Crippen LogP contribution in [0.1, 0.15) is 135 Å². The van der Waals surface area contributed by atoms with Gasteiger partial charge in [0.15, 0.2) is 0 Å². The molecule has 1 heterocycles. The molecule has 13 nitrogen and oxygen atoms in total. The van der Waals surface area contributed by atoms with Crippen LogP contribution in [0.4, 0.5) is 30.2 Å². The maximum atomic E-state index is 13.8. The van der Waals surface area contributed by atoms with Gasteiger partial charge in [0.1, 0.15) is 11.3 Å². The van der Waals surface area contributed by atoms with Gasteiger partial charge in [-0.2, -0.15) is 13.2 Å². The highest BCUT2D eigenvalue weighted by atomic mass is 32.3. The van der Waals surface area contributed by atoms with E-state index in [1.54, 1.807) is 62.4 Å². The number of benzene rings is 5. The molecule has 0 saturated carbocycles. The summed E-state index contributed by atoms with van der Waals surface area (Å²) in [7, 11) is -15.6. The van der Waals surface area contributed by atoms with Gasteiger partial charge in [-0.15, -0.1) is 0 Å². The van der Waals surface area contributed by atoms with Crippen LogP contribution >= 0.6 is 0 Å². The van der Waals surface area contributed by atoms with Crippen LogP contribution in [-0.2, 0) is 39.6 Å². The Balaban J connectivity index is 1.51. The molecule has 6 rings (SSSR count). The van der Waals surface area contributed by atoms with Crippen molar-refractivity contribution in [2.45, 2.75) is 128 Å². The molecule has 72 heavy (non-hydrogen) atoms.